The maximum absolute atomic E-state index is 5.94. The fourth-order valence-electron chi connectivity index (χ4n) is 2.09. The van der Waals surface area contributed by atoms with Crippen LogP contribution in [0, 0.1) is 6.92 Å². The molecule has 1 aromatic rings. The molecule has 2 nitrogen and oxygen atoms in total. The molecule has 0 aliphatic carbocycles. The maximum Gasteiger partial charge on any atom is 0.0592 e. The van der Waals surface area contributed by atoms with Gasteiger partial charge < -0.3 is 4.90 Å². The zero-order chi connectivity index (χ0) is 10.7. The summed E-state index contributed by atoms with van der Waals surface area (Å²) in [5.74, 6) is 0. The van der Waals surface area contributed by atoms with Gasteiger partial charge in [-0.25, -0.2) is 0 Å². The molecule has 0 spiro atoms. The minimum Gasteiger partial charge on any atom is -0.303 e. The molecule has 1 aliphatic rings. The van der Waals surface area contributed by atoms with Gasteiger partial charge in [0.1, 0.15) is 0 Å². The molecule has 0 unspecified atom stereocenters. The maximum atomic E-state index is 5.94. The van der Waals surface area contributed by atoms with Crippen molar-refractivity contribution in [2.75, 3.05) is 19.6 Å². The topological polar surface area (TPSA) is 16.1 Å². The smallest absolute Gasteiger partial charge is 0.0592 e. The Bertz CT molecular complexity index is 332. The van der Waals surface area contributed by atoms with Gasteiger partial charge in [-0.1, -0.05) is 11.6 Å². The van der Waals surface area contributed by atoms with Crippen LogP contribution < -0.4 is 0 Å². The summed E-state index contributed by atoms with van der Waals surface area (Å²) in [6.45, 7) is 5.71. The number of nitrogens with zero attached hydrogens (tertiary/aromatic N) is 2. The first kappa shape index (κ1) is 10.9. The number of halogens is 1. The van der Waals surface area contributed by atoms with Crippen LogP contribution in [-0.4, -0.2) is 29.5 Å². The summed E-state index contributed by atoms with van der Waals surface area (Å²) in [6, 6.07) is 2.04. The number of hydrogen-bond donors (Lipinski definition) is 0. The molecule has 3 heteroatoms. The molecule has 2 rings (SSSR count). The molecule has 0 aromatic carbocycles. The van der Waals surface area contributed by atoms with Crippen molar-refractivity contribution < 1.29 is 0 Å². The van der Waals surface area contributed by atoms with E-state index in [0.717, 1.165) is 23.7 Å². The molecule has 0 atom stereocenters. The van der Waals surface area contributed by atoms with E-state index in [1.807, 2.05) is 6.07 Å². The monoisotopic (exact) mass is 224 g/mol. The van der Waals surface area contributed by atoms with Crippen LogP contribution in [0.15, 0.2) is 12.3 Å². The molecule has 1 aromatic heterocycles. The highest BCUT2D eigenvalue weighted by atomic mass is 35.5. The van der Waals surface area contributed by atoms with Crippen LogP contribution in [0.25, 0.3) is 0 Å². The van der Waals surface area contributed by atoms with Gasteiger partial charge in [0, 0.05) is 18.4 Å². The van der Waals surface area contributed by atoms with Gasteiger partial charge in [-0.3, -0.25) is 4.98 Å². The lowest BCUT2D eigenvalue weighted by atomic mass is 10.1. The second-order valence-corrected chi connectivity index (χ2v) is 4.63. The Balaban J connectivity index is 1.94. The quantitative estimate of drug-likeness (QED) is 0.785. The van der Waals surface area contributed by atoms with Gasteiger partial charge in [0.05, 0.1) is 5.02 Å². The normalized spacial score (nSPS) is 17.2. The van der Waals surface area contributed by atoms with Gasteiger partial charge in [0.25, 0.3) is 0 Å². The van der Waals surface area contributed by atoms with Crippen LogP contribution in [-0.2, 0) is 6.42 Å². The molecule has 15 heavy (non-hydrogen) atoms. The zero-order valence-electron chi connectivity index (χ0n) is 9.17. The average molecular weight is 225 g/mol. The summed E-state index contributed by atoms with van der Waals surface area (Å²) in [4.78, 5) is 6.79. The van der Waals surface area contributed by atoms with Crippen molar-refractivity contribution in [2.24, 2.45) is 0 Å². The zero-order valence-corrected chi connectivity index (χ0v) is 9.93. The van der Waals surface area contributed by atoms with Gasteiger partial charge in [0.2, 0.25) is 0 Å². The van der Waals surface area contributed by atoms with Crippen molar-refractivity contribution in [1.29, 1.82) is 0 Å². The second-order valence-electron chi connectivity index (χ2n) is 4.20. The fraction of sp³-hybridized carbons (Fsp3) is 0.583. The Morgan fingerprint density at radius 2 is 2.13 bits per heavy atom. The first-order valence-corrected chi connectivity index (χ1v) is 5.97. The fourth-order valence-corrected chi connectivity index (χ4v) is 2.27. The minimum absolute atomic E-state index is 0.747. The van der Waals surface area contributed by atoms with Gasteiger partial charge in [-0.05, 0) is 50.9 Å². The molecule has 1 aliphatic heterocycles. The molecule has 82 valence electrons. The Labute approximate surface area is 96.3 Å². The predicted octanol–water partition coefficient (Wildman–Crippen LogP) is 2.68. The van der Waals surface area contributed by atoms with Crippen molar-refractivity contribution in [3.63, 3.8) is 0 Å². The van der Waals surface area contributed by atoms with Gasteiger partial charge in [0.15, 0.2) is 0 Å². The van der Waals surface area contributed by atoms with E-state index in [1.165, 1.54) is 31.5 Å². The third-order valence-electron chi connectivity index (χ3n) is 3.05. The average Bonchev–Trinajstić information content (AvgIpc) is 2.72. The molecule has 0 radical (unpaired) electrons. The van der Waals surface area contributed by atoms with E-state index in [2.05, 4.69) is 16.8 Å². The van der Waals surface area contributed by atoms with E-state index in [1.54, 1.807) is 6.20 Å². The van der Waals surface area contributed by atoms with Gasteiger partial charge in [-0.15, -0.1) is 0 Å². The molecule has 1 fully saturated rings. The van der Waals surface area contributed by atoms with Gasteiger partial charge >= 0.3 is 0 Å². The van der Waals surface area contributed by atoms with Gasteiger partial charge in [-0.2, -0.15) is 0 Å². The Hall–Kier alpha value is -0.600. The number of likely N-dealkylation sites (tertiary alicyclic amines) is 1. The summed E-state index contributed by atoms with van der Waals surface area (Å²) >= 11 is 5.94. The lowest BCUT2D eigenvalue weighted by molar-refractivity contribution is 0.343. The summed E-state index contributed by atoms with van der Waals surface area (Å²) in [7, 11) is 0. The third kappa shape index (κ3) is 2.93. The standard InChI is InChI=1S/C12H17ClN2/c1-10-11(8-12(13)9-14-10)4-7-15-5-2-3-6-15/h8-9H,2-7H2,1H3. The van der Waals surface area contributed by atoms with E-state index in [4.69, 9.17) is 11.6 Å². The molecule has 0 N–H and O–H groups in total. The number of rotatable bonds is 3. The third-order valence-corrected chi connectivity index (χ3v) is 3.26. The molecule has 0 bridgehead atoms. The van der Waals surface area contributed by atoms with E-state index in [0.29, 0.717) is 0 Å². The second kappa shape index (κ2) is 4.95. The minimum atomic E-state index is 0.747. The van der Waals surface area contributed by atoms with Crippen LogP contribution in [0.4, 0.5) is 0 Å². The SMILES string of the molecule is Cc1ncc(Cl)cc1CCN1CCCC1. The van der Waals surface area contributed by atoms with E-state index < -0.39 is 0 Å². The Morgan fingerprint density at radius 3 is 2.87 bits per heavy atom. The van der Waals surface area contributed by atoms with Crippen molar-refractivity contribution in [3.05, 3.63) is 28.5 Å². The number of hydrogen-bond acceptors (Lipinski definition) is 2. The van der Waals surface area contributed by atoms with Crippen LogP contribution >= 0.6 is 11.6 Å². The van der Waals surface area contributed by atoms with E-state index in [9.17, 15) is 0 Å². The predicted molar refractivity (Wildman–Crippen MR) is 63.4 cm³/mol. The van der Waals surface area contributed by atoms with Crippen molar-refractivity contribution in [3.8, 4) is 0 Å². The highest BCUT2D eigenvalue weighted by Crippen LogP contribution is 2.15. The van der Waals surface area contributed by atoms with Crippen LogP contribution in [0.3, 0.4) is 0 Å². The van der Waals surface area contributed by atoms with Crippen molar-refractivity contribution in [2.45, 2.75) is 26.2 Å². The highest BCUT2D eigenvalue weighted by molar-refractivity contribution is 6.30. The summed E-state index contributed by atoms with van der Waals surface area (Å²) in [6.07, 6.45) is 5.50. The Kier molecular flexibility index (Phi) is 3.60. The molecule has 0 saturated carbocycles. The van der Waals surface area contributed by atoms with E-state index in [-0.39, 0.29) is 0 Å². The molecular formula is C12H17ClN2. The van der Waals surface area contributed by atoms with Crippen molar-refractivity contribution >= 4 is 11.6 Å². The van der Waals surface area contributed by atoms with Crippen molar-refractivity contribution in [1.82, 2.24) is 9.88 Å². The molecule has 1 saturated heterocycles. The molecule has 2 heterocycles. The lowest BCUT2D eigenvalue weighted by Gasteiger charge is -2.14. The largest absolute Gasteiger partial charge is 0.303 e. The number of pyridine rings is 1. The summed E-state index contributed by atoms with van der Waals surface area (Å²) in [5, 5.41) is 0.747. The number of aryl methyl sites for hydroxylation is 1. The summed E-state index contributed by atoms with van der Waals surface area (Å²) < 4.78 is 0. The molecular weight excluding hydrogens is 208 g/mol. The van der Waals surface area contributed by atoms with Crippen LogP contribution in [0.5, 0.6) is 0 Å². The van der Waals surface area contributed by atoms with E-state index >= 15 is 0 Å². The van der Waals surface area contributed by atoms with Crippen LogP contribution in [0.1, 0.15) is 24.1 Å². The Morgan fingerprint density at radius 1 is 1.40 bits per heavy atom. The first-order valence-electron chi connectivity index (χ1n) is 5.59. The number of aromatic nitrogens is 1. The molecule has 0 amide bonds. The first-order chi connectivity index (χ1) is 7.25. The highest BCUT2D eigenvalue weighted by Gasteiger charge is 2.11. The summed E-state index contributed by atoms with van der Waals surface area (Å²) in [5.41, 5.74) is 2.40. The van der Waals surface area contributed by atoms with Crippen LogP contribution in [0.2, 0.25) is 5.02 Å². The lowest BCUT2D eigenvalue weighted by Crippen LogP contribution is -2.22.